The van der Waals surface area contributed by atoms with Gasteiger partial charge in [0.1, 0.15) is 0 Å². The number of allylic oxidation sites excluding steroid dienone is 1. The Labute approximate surface area is 80.1 Å². The molecule has 1 saturated heterocycles. The molecule has 0 atom stereocenters. The van der Waals surface area contributed by atoms with Crippen LogP contribution in [0, 0.1) is 11.3 Å². The maximum atomic E-state index is 7.84. The summed E-state index contributed by atoms with van der Waals surface area (Å²) >= 11 is 0. The fourth-order valence-corrected chi connectivity index (χ4v) is 1.73. The maximum Gasteiger partial charge on any atom is 0.0388 e. The summed E-state index contributed by atoms with van der Waals surface area (Å²) in [5.41, 5.74) is 3.15. The Kier molecular flexibility index (Phi) is 3.48. The molecule has 3 heteroatoms. The average Bonchev–Trinajstić information content (AvgIpc) is 2.09. The van der Waals surface area contributed by atoms with Crippen molar-refractivity contribution in [1.82, 2.24) is 10.6 Å². The van der Waals surface area contributed by atoms with Gasteiger partial charge in [-0.3, -0.25) is 0 Å². The topological polar surface area (TPSA) is 47.9 Å². The number of nitrogens with one attached hydrogen (secondary N) is 3. The summed E-state index contributed by atoms with van der Waals surface area (Å²) in [5.74, 6) is 0.472. The summed E-state index contributed by atoms with van der Waals surface area (Å²) in [5, 5.41) is 14.3. The van der Waals surface area contributed by atoms with Crippen molar-refractivity contribution in [2.75, 3.05) is 20.1 Å². The second kappa shape index (κ2) is 4.42. The molecule has 1 aliphatic rings. The molecule has 0 aromatic rings. The first-order valence-corrected chi connectivity index (χ1v) is 4.86. The van der Waals surface area contributed by atoms with E-state index in [2.05, 4.69) is 24.5 Å². The van der Waals surface area contributed by atoms with Crippen LogP contribution in [0.4, 0.5) is 0 Å². The van der Waals surface area contributed by atoms with Crippen LogP contribution in [0.15, 0.2) is 11.3 Å². The minimum Gasteiger partial charge on any atom is -0.391 e. The third-order valence-electron chi connectivity index (χ3n) is 2.39. The van der Waals surface area contributed by atoms with Crippen LogP contribution in [0.3, 0.4) is 0 Å². The molecule has 3 N–H and O–H groups in total. The predicted molar refractivity (Wildman–Crippen MR) is 56.1 cm³/mol. The molecule has 0 bridgehead atoms. The zero-order valence-electron chi connectivity index (χ0n) is 8.70. The van der Waals surface area contributed by atoms with Crippen LogP contribution in [0.2, 0.25) is 0 Å². The lowest BCUT2D eigenvalue weighted by Gasteiger charge is -2.23. The summed E-state index contributed by atoms with van der Waals surface area (Å²) in [6.07, 6.45) is 0.854. The van der Waals surface area contributed by atoms with E-state index in [1.807, 2.05) is 7.05 Å². The van der Waals surface area contributed by atoms with E-state index >= 15 is 0 Å². The molecule has 1 fully saturated rings. The van der Waals surface area contributed by atoms with E-state index < -0.39 is 0 Å². The van der Waals surface area contributed by atoms with Gasteiger partial charge in [-0.1, -0.05) is 13.8 Å². The lowest BCUT2D eigenvalue weighted by molar-refractivity contribution is 0.657. The van der Waals surface area contributed by atoms with Crippen LogP contribution in [0.5, 0.6) is 0 Å². The van der Waals surface area contributed by atoms with E-state index in [1.165, 1.54) is 5.70 Å². The van der Waals surface area contributed by atoms with Crippen molar-refractivity contribution in [2.45, 2.75) is 20.3 Å². The molecule has 0 spiro atoms. The quantitative estimate of drug-likeness (QED) is 0.598. The molecule has 0 radical (unpaired) electrons. The van der Waals surface area contributed by atoms with E-state index in [4.69, 9.17) is 5.41 Å². The zero-order chi connectivity index (χ0) is 9.84. The van der Waals surface area contributed by atoms with Crippen molar-refractivity contribution in [1.29, 1.82) is 5.41 Å². The average molecular weight is 181 g/mol. The number of hydrogen-bond donors (Lipinski definition) is 3. The second-order valence-corrected chi connectivity index (χ2v) is 3.70. The standard InChI is InChI=1S/C10H19N3/c1-7(2)10(12-3)8-6-13-5-4-9(8)11/h7,11-13H,4-6H2,1-3H3/b10-8-,11-9?. The van der Waals surface area contributed by atoms with Crippen LogP contribution < -0.4 is 10.6 Å². The maximum absolute atomic E-state index is 7.84. The summed E-state index contributed by atoms with van der Waals surface area (Å²) < 4.78 is 0. The van der Waals surface area contributed by atoms with Crippen LogP contribution in [-0.4, -0.2) is 25.8 Å². The van der Waals surface area contributed by atoms with Gasteiger partial charge in [0.15, 0.2) is 0 Å². The summed E-state index contributed by atoms with van der Waals surface area (Å²) in [6.45, 7) is 6.09. The molecule has 1 aliphatic heterocycles. The predicted octanol–water partition coefficient (Wildman–Crippen LogP) is 1.13. The minimum atomic E-state index is 0.472. The monoisotopic (exact) mass is 181 g/mol. The Bertz CT molecular complexity index is 228. The third kappa shape index (κ3) is 2.31. The molecule has 74 valence electrons. The van der Waals surface area contributed by atoms with Crippen LogP contribution >= 0.6 is 0 Å². The van der Waals surface area contributed by atoms with Crippen molar-refractivity contribution < 1.29 is 0 Å². The van der Waals surface area contributed by atoms with Crippen molar-refractivity contribution in [3.8, 4) is 0 Å². The van der Waals surface area contributed by atoms with Gasteiger partial charge >= 0.3 is 0 Å². The molecule has 0 aromatic heterocycles. The Morgan fingerprint density at radius 1 is 1.54 bits per heavy atom. The van der Waals surface area contributed by atoms with E-state index in [1.54, 1.807) is 0 Å². The molecule has 13 heavy (non-hydrogen) atoms. The SMILES string of the molecule is CN/C(=C1/CNCCC1=N)C(C)C. The third-order valence-corrected chi connectivity index (χ3v) is 2.39. The highest BCUT2D eigenvalue weighted by Gasteiger charge is 2.16. The smallest absolute Gasteiger partial charge is 0.0388 e. The molecule has 0 saturated carbocycles. The van der Waals surface area contributed by atoms with Crippen LogP contribution in [0.25, 0.3) is 0 Å². The first kappa shape index (κ1) is 10.3. The molecule has 3 nitrogen and oxygen atoms in total. The largest absolute Gasteiger partial charge is 0.391 e. The molecular weight excluding hydrogens is 162 g/mol. The van der Waals surface area contributed by atoms with Crippen LogP contribution in [-0.2, 0) is 0 Å². The van der Waals surface area contributed by atoms with Gasteiger partial charge in [-0.15, -0.1) is 0 Å². The lowest BCUT2D eigenvalue weighted by atomic mass is 9.96. The summed E-state index contributed by atoms with van der Waals surface area (Å²) in [7, 11) is 1.93. The van der Waals surface area contributed by atoms with Crippen molar-refractivity contribution >= 4 is 5.71 Å². The van der Waals surface area contributed by atoms with E-state index in [-0.39, 0.29) is 0 Å². The highest BCUT2D eigenvalue weighted by Crippen LogP contribution is 2.15. The molecule has 0 aliphatic carbocycles. The van der Waals surface area contributed by atoms with E-state index in [0.717, 1.165) is 30.8 Å². The highest BCUT2D eigenvalue weighted by molar-refractivity contribution is 5.99. The molecule has 0 amide bonds. The molecule has 0 aromatic carbocycles. The van der Waals surface area contributed by atoms with Gasteiger partial charge in [0.25, 0.3) is 0 Å². The number of rotatable bonds is 2. The molecule has 0 unspecified atom stereocenters. The Morgan fingerprint density at radius 2 is 2.23 bits per heavy atom. The Balaban J connectivity index is 2.90. The molecule has 1 heterocycles. The van der Waals surface area contributed by atoms with Gasteiger partial charge in [0.2, 0.25) is 0 Å². The number of hydrogen-bond acceptors (Lipinski definition) is 3. The van der Waals surface area contributed by atoms with Crippen molar-refractivity contribution in [3.05, 3.63) is 11.3 Å². The van der Waals surface area contributed by atoms with Crippen molar-refractivity contribution in [2.24, 2.45) is 5.92 Å². The van der Waals surface area contributed by atoms with Gasteiger partial charge in [0.05, 0.1) is 0 Å². The van der Waals surface area contributed by atoms with Gasteiger partial charge in [0, 0.05) is 43.5 Å². The van der Waals surface area contributed by atoms with Crippen LogP contribution in [0.1, 0.15) is 20.3 Å². The first-order valence-electron chi connectivity index (χ1n) is 4.86. The summed E-state index contributed by atoms with van der Waals surface area (Å²) in [4.78, 5) is 0. The normalized spacial score (nSPS) is 22.0. The summed E-state index contributed by atoms with van der Waals surface area (Å²) in [6, 6.07) is 0. The Hall–Kier alpha value is -0.830. The van der Waals surface area contributed by atoms with Gasteiger partial charge < -0.3 is 16.0 Å². The minimum absolute atomic E-state index is 0.472. The Morgan fingerprint density at radius 3 is 2.69 bits per heavy atom. The van der Waals surface area contributed by atoms with Gasteiger partial charge in [-0.25, -0.2) is 0 Å². The molecule has 1 rings (SSSR count). The zero-order valence-corrected chi connectivity index (χ0v) is 8.70. The first-order chi connectivity index (χ1) is 6.16. The second-order valence-electron chi connectivity index (χ2n) is 3.70. The van der Waals surface area contributed by atoms with Gasteiger partial charge in [-0.2, -0.15) is 0 Å². The van der Waals surface area contributed by atoms with E-state index in [9.17, 15) is 0 Å². The van der Waals surface area contributed by atoms with Gasteiger partial charge in [-0.05, 0) is 5.92 Å². The fraction of sp³-hybridized carbons (Fsp3) is 0.700. The molecular formula is C10H19N3. The number of piperidine rings is 1. The fourth-order valence-electron chi connectivity index (χ4n) is 1.73. The van der Waals surface area contributed by atoms with Crippen molar-refractivity contribution in [3.63, 3.8) is 0 Å². The van der Waals surface area contributed by atoms with E-state index in [0.29, 0.717) is 5.92 Å². The lowest BCUT2D eigenvalue weighted by Crippen LogP contribution is -2.33. The highest BCUT2D eigenvalue weighted by atomic mass is 14.9.